The van der Waals surface area contributed by atoms with Crippen molar-refractivity contribution in [3.8, 4) is 5.75 Å². The van der Waals surface area contributed by atoms with Gasteiger partial charge in [-0.2, -0.15) is 5.10 Å². The SMILES string of the molecule is C=CCN1C(=O)C(Cc2ccc(F)cc2)S/C1=N/N=C/c1ccccc1OC. The predicted molar refractivity (Wildman–Crippen MR) is 111 cm³/mol. The Balaban J connectivity index is 1.77. The van der Waals surface area contributed by atoms with E-state index < -0.39 is 0 Å². The number of nitrogens with zero attached hydrogens (tertiary/aromatic N) is 3. The van der Waals surface area contributed by atoms with Crippen molar-refractivity contribution in [2.75, 3.05) is 13.7 Å². The number of hydrogen-bond acceptors (Lipinski definition) is 5. The summed E-state index contributed by atoms with van der Waals surface area (Å²) in [7, 11) is 1.59. The van der Waals surface area contributed by atoms with Crippen molar-refractivity contribution in [1.82, 2.24) is 4.90 Å². The molecule has 1 aliphatic rings. The van der Waals surface area contributed by atoms with Crippen LogP contribution >= 0.6 is 11.8 Å². The molecule has 1 unspecified atom stereocenters. The van der Waals surface area contributed by atoms with Gasteiger partial charge < -0.3 is 4.74 Å². The summed E-state index contributed by atoms with van der Waals surface area (Å²) in [5, 5.41) is 8.57. The summed E-state index contributed by atoms with van der Waals surface area (Å²) >= 11 is 1.35. The highest BCUT2D eigenvalue weighted by atomic mass is 32.2. The first-order valence-electron chi connectivity index (χ1n) is 8.69. The number of thioether (sulfide) groups is 1. The molecule has 5 nitrogen and oxygen atoms in total. The molecule has 1 saturated heterocycles. The molecule has 0 radical (unpaired) electrons. The molecule has 0 saturated carbocycles. The second-order valence-electron chi connectivity index (χ2n) is 6.04. The monoisotopic (exact) mass is 397 g/mol. The quantitative estimate of drug-likeness (QED) is 0.405. The number of hydrogen-bond donors (Lipinski definition) is 0. The van der Waals surface area contributed by atoms with Gasteiger partial charge >= 0.3 is 0 Å². The molecular weight excluding hydrogens is 377 g/mol. The lowest BCUT2D eigenvalue weighted by Gasteiger charge is -2.12. The Morgan fingerprint density at radius 1 is 1.25 bits per heavy atom. The van der Waals surface area contributed by atoms with Gasteiger partial charge in [0, 0.05) is 12.1 Å². The summed E-state index contributed by atoms with van der Waals surface area (Å²) in [5.74, 6) is 0.342. The summed E-state index contributed by atoms with van der Waals surface area (Å²) in [5.41, 5.74) is 1.69. The number of benzene rings is 2. The number of rotatable bonds is 7. The number of carbonyl (C=O) groups excluding carboxylic acids is 1. The molecule has 0 aliphatic carbocycles. The number of ether oxygens (including phenoxy) is 1. The first-order chi connectivity index (χ1) is 13.6. The highest BCUT2D eigenvalue weighted by molar-refractivity contribution is 8.15. The lowest BCUT2D eigenvalue weighted by atomic mass is 10.1. The maximum Gasteiger partial charge on any atom is 0.242 e. The Kier molecular flexibility index (Phi) is 6.60. The summed E-state index contributed by atoms with van der Waals surface area (Å²) in [4.78, 5) is 14.3. The summed E-state index contributed by atoms with van der Waals surface area (Å²) in [6.45, 7) is 4.06. The molecule has 1 amide bonds. The van der Waals surface area contributed by atoms with Crippen molar-refractivity contribution in [2.45, 2.75) is 11.7 Å². The van der Waals surface area contributed by atoms with Crippen LogP contribution < -0.4 is 4.74 Å². The van der Waals surface area contributed by atoms with E-state index >= 15 is 0 Å². The Morgan fingerprint density at radius 2 is 2.00 bits per heavy atom. The standard InChI is InChI=1S/C21H20FN3O2S/c1-3-12-25-20(26)19(13-15-8-10-17(22)11-9-15)28-21(25)24-23-14-16-6-4-5-7-18(16)27-2/h3-11,14,19H,1,12-13H2,2H3/b23-14+,24-21+. The first kappa shape index (κ1) is 19.8. The van der Waals surface area contributed by atoms with Crippen LogP contribution in [0, 0.1) is 5.82 Å². The molecule has 1 heterocycles. The number of amidine groups is 1. The average Bonchev–Trinajstić information content (AvgIpc) is 2.99. The molecule has 0 N–H and O–H groups in total. The third-order valence-corrected chi connectivity index (χ3v) is 5.31. The fourth-order valence-corrected chi connectivity index (χ4v) is 3.91. The molecule has 2 aromatic carbocycles. The molecular formula is C21H20FN3O2S. The molecule has 0 bridgehead atoms. The normalized spacial score (nSPS) is 18.2. The second-order valence-corrected chi connectivity index (χ2v) is 7.21. The van der Waals surface area contributed by atoms with Gasteiger partial charge in [0.1, 0.15) is 11.6 Å². The highest BCUT2D eigenvalue weighted by Gasteiger charge is 2.37. The van der Waals surface area contributed by atoms with Gasteiger partial charge in [-0.25, -0.2) is 4.39 Å². The van der Waals surface area contributed by atoms with E-state index in [9.17, 15) is 9.18 Å². The maximum absolute atomic E-state index is 13.1. The second kappa shape index (κ2) is 9.32. The van der Waals surface area contributed by atoms with Gasteiger partial charge in [-0.3, -0.25) is 9.69 Å². The predicted octanol–water partition coefficient (Wildman–Crippen LogP) is 3.90. The Hall–Kier alpha value is -2.93. The lowest BCUT2D eigenvalue weighted by Crippen LogP contribution is -2.32. The van der Waals surface area contributed by atoms with E-state index in [4.69, 9.17) is 4.74 Å². The Bertz CT molecular complexity index is 912. The van der Waals surface area contributed by atoms with Gasteiger partial charge in [0.05, 0.1) is 18.6 Å². The van der Waals surface area contributed by atoms with E-state index in [-0.39, 0.29) is 17.0 Å². The maximum atomic E-state index is 13.1. The van der Waals surface area contributed by atoms with Crippen LogP contribution in [0.3, 0.4) is 0 Å². The smallest absolute Gasteiger partial charge is 0.242 e. The van der Waals surface area contributed by atoms with Crippen molar-refractivity contribution in [1.29, 1.82) is 0 Å². The summed E-state index contributed by atoms with van der Waals surface area (Å²) in [6, 6.07) is 13.6. The third-order valence-electron chi connectivity index (χ3n) is 4.15. The van der Waals surface area contributed by atoms with Crippen molar-refractivity contribution in [3.05, 3.63) is 78.1 Å². The van der Waals surface area contributed by atoms with Crippen molar-refractivity contribution < 1.29 is 13.9 Å². The zero-order valence-corrected chi connectivity index (χ0v) is 16.2. The van der Waals surface area contributed by atoms with Crippen LogP contribution in [-0.4, -0.2) is 41.1 Å². The minimum Gasteiger partial charge on any atom is -0.496 e. The molecule has 1 aliphatic heterocycles. The van der Waals surface area contributed by atoms with Gasteiger partial charge in [0.2, 0.25) is 5.91 Å². The highest BCUT2D eigenvalue weighted by Crippen LogP contribution is 2.30. The Labute approximate surface area is 167 Å². The van der Waals surface area contributed by atoms with E-state index in [0.29, 0.717) is 23.9 Å². The molecule has 0 spiro atoms. The van der Waals surface area contributed by atoms with E-state index in [0.717, 1.165) is 11.1 Å². The summed E-state index contributed by atoms with van der Waals surface area (Å²) in [6.07, 6.45) is 3.74. The van der Waals surface area contributed by atoms with Crippen LogP contribution in [0.2, 0.25) is 0 Å². The molecule has 7 heteroatoms. The van der Waals surface area contributed by atoms with Crippen LogP contribution in [0.4, 0.5) is 4.39 Å². The van der Waals surface area contributed by atoms with Gasteiger partial charge in [0.25, 0.3) is 0 Å². The first-order valence-corrected chi connectivity index (χ1v) is 9.57. The van der Waals surface area contributed by atoms with Crippen molar-refractivity contribution >= 4 is 29.1 Å². The van der Waals surface area contributed by atoms with E-state index in [1.54, 1.807) is 36.4 Å². The minimum atomic E-state index is -0.328. The van der Waals surface area contributed by atoms with Crippen molar-refractivity contribution in [3.63, 3.8) is 0 Å². The van der Waals surface area contributed by atoms with Gasteiger partial charge in [-0.05, 0) is 36.2 Å². The number of amides is 1. The molecule has 1 atom stereocenters. The zero-order valence-electron chi connectivity index (χ0n) is 15.4. The van der Waals surface area contributed by atoms with Crippen LogP contribution in [0.15, 0.2) is 71.4 Å². The van der Waals surface area contributed by atoms with E-state index in [1.807, 2.05) is 24.3 Å². The molecule has 3 rings (SSSR count). The molecule has 28 heavy (non-hydrogen) atoms. The van der Waals surface area contributed by atoms with Crippen LogP contribution in [0.5, 0.6) is 5.75 Å². The van der Waals surface area contributed by atoms with Crippen LogP contribution in [0.25, 0.3) is 0 Å². The average molecular weight is 397 g/mol. The van der Waals surface area contributed by atoms with Gasteiger partial charge in [-0.1, -0.05) is 42.1 Å². The van der Waals surface area contributed by atoms with Crippen LogP contribution in [-0.2, 0) is 11.2 Å². The van der Waals surface area contributed by atoms with E-state index in [2.05, 4.69) is 16.8 Å². The lowest BCUT2D eigenvalue weighted by molar-refractivity contribution is -0.125. The molecule has 2 aromatic rings. The fourth-order valence-electron chi connectivity index (χ4n) is 2.76. The summed E-state index contributed by atoms with van der Waals surface area (Å²) < 4.78 is 18.4. The van der Waals surface area contributed by atoms with E-state index in [1.165, 1.54) is 23.9 Å². The number of methoxy groups -OCH3 is 1. The zero-order chi connectivity index (χ0) is 19.9. The number of halogens is 1. The number of carbonyl (C=O) groups is 1. The third kappa shape index (κ3) is 4.67. The van der Waals surface area contributed by atoms with Gasteiger partial charge in [0.15, 0.2) is 5.17 Å². The topological polar surface area (TPSA) is 54.3 Å². The minimum absolute atomic E-state index is 0.0551. The van der Waals surface area contributed by atoms with Crippen LogP contribution in [0.1, 0.15) is 11.1 Å². The molecule has 1 fully saturated rings. The fraction of sp³-hybridized carbons (Fsp3) is 0.190. The molecule has 144 valence electrons. The molecule has 0 aromatic heterocycles. The van der Waals surface area contributed by atoms with Crippen molar-refractivity contribution in [2.24, 2.45) is 10.2 Å². The number of para-hydroxylation sites is 1. The Morgan fingerprint density at radius 3 is 2.71 bits per heavy atom. The largest absolute Gasteiger partial charge is 0.496 e. The van der Waals surface area contributed by atoms with Gasteiger partial charge in [-0.15, -0.1) is 11.7 Å².